The molecule has 0 fully saturated rings. The third-order valence-corrected chi connectivity index (χ3v) is 3.22. The fourth-order valence-electron chi connectivity index (χ4n) is 2.15. The van der Waals surface area contributed by atoms with E-state index in [2.05, 4.69) is 9.97 Å². The Bertz CT molecular complexity index is 621. The van der Waals surface area contributed by atoms with Gasteiger partial charge < -0.3 is 4.74 Å². The molecule has 0 aliphatic carbocycles. The summed E-state index contributed by atoms with van der Waals surface area (Å²) in [6.45, 7) is 7.62. The molecule has 6 nitrogen and oxygen atoms in total. The Balaban J connectivity index is 2.20. The van der Waals surface area contributed by atoms with Crippen LogP contribution in [0.5, 0.6) is 0 Å². The molecule has 0 radical (unpaired) electrons. The number of carbonyl (C=O) groups excluding carboxylic acids is 1. The first kappa shape index (κ1) is 14.5. The number of esters is 1. The lowest BCUT2D eigenvalue weighted by Gasteiger charge is -2.17. The minimum absolute atomic E-state index is 0.235. The minimum Gasteiger partial charge on any atom is -0.468 e. The van der Waals surface area contributed by atoms with E-state index in [1.807, 2.05) is 42.3 Å². The maximum Gasteiger partial charge on any atom is 0.319 e. The van der Waals surface area contributed by atoms with Crippen LogP contribution in [0, 0.1) is 13.8 Å². The van der Waals surface area contributed by atoms with E-state index in [1.54, 1.807) is 0 Å². The standard InChI is InChI=1S/C14H20N4O2/c1-5-17(9-13(19)20-4)7-12-8-18-11(3)6-10(2)15-14(18)16-12/h6,8H,5,7,9H2,1-4H3. The zero-order valence-electron chi connectivity index (χ0n) is 12.4. The van der Waals surface area contributed by atoms with E-state index in [4.69, 9.17) is 4.74 Å². The monoisotopic (exact) mass is 276 g/mol. The highest BCUT2D eigenvalue weighted by molar-refractivity contribution is 5.71. The van der Waals surface area contributed by atoms with Gasteiger partial charge in [-0.25, -0.2) is 9.97 Å². The predicted molar refractivity (Wildman–Crippen MR) is 75.4 cm³/mol. The molecule has 0 N–H and O–H groups in total. The molecule has 0 bridgehead atoms. The van der Waals surface area contributed by atoms with Gasteiger partial charge in [-0.2, -0.15) is 0 Å². The molecule has 0 saturated carbocycles. The molecular formula is C14H20N4O2. The molecule has 2 aromatic rings. The van der Waals surface area contributed by atoms with E-state index < -0.39 is 0 Å². The van der Waals surface area contributed by atoms with Crippen molar-refractivity contribution >= 4 is 11.7 Å². The summed E-state index contributed by atoms with van der Waals surface area (Å²) in [6, 6.07) is 2.02. The molecule has 0 aliphatic heterocycles. The zero-order chi connectivity index (χ0) is 14.7. The molecule has 2 rings (SSSR count). The lowest BCUT2D eigenvalue weighted by Crippen LogP contribution is -2.30. The van der Waals surface area contributed by atoms with Gasteiger partial charge in [0.15, 0.2) is 0 Å². The Hall–Kier alpha value is -1.95. The number of nitrogens with zero attached hydrogens (tertiary/aromatic N) is 4. The van der Waals surface area contributed by atoms with Gasteiger partial charge >= 0.3 is 5.97 Å². The molecule has 108 valence electrons. The average Bonchev–Trinajstić information content (AvgIpc) is 2.80. The summed E-state index contributed by atoms with van der Waals surface area (Å²) in [5.41, 5.74) is 2.95. The fraction of sp³-hybridized carbons (Fsp3) is 0.500. The van der Waals surface area contributed by atoms with Gasteiger partial charge in [-0.3, -0.25) is 14.1 Å². The van der Waals surface area contributed by atoms with Crippen LogP contribution in [-0.4, -0.2) is 45.4 Å². The summed E-state index contributed by atoms with van der Waals surface area (Å²) in [6.07, 6.45) is 1.97. The van der Waals surface area contributed by atoms with E-state index >= 15 is 0 Å². The van der Waals surface area contributed by atoms with Crippen LogP contribution >= 0.6 is 0 Å². The number of methoxy groups -OCH3 is 1. The predicted octanol–water partition coefficient (Wildman–Crippen LogP) is 1.34. The third-order valence-electron chi connectivity index (χ3n) is 3.22. The van der Waals surface area contributed by atoms with Crippen LogP contribution < -0.4 is 0 Å². The largest absolute Gasteiger partial charge is 0.468 e. The summed E-state index contributed by atoms with van der Waals surface area (Å²) in [7, 11) is 1.40. The first-order valence-corrected chi connectivity index (χ1v) is 6.65. The topological polar surface area (TPSA) is 59.7 Å². The Morgan fingerprint density at radius 2 is 2.15 bits per heavy atom. The number of hydrogen-bond acceptors (Lipinski definition) is 5. The second kappa shape index (κ2) is 6.00. The van der Waals surface area contributed by atoms with E-state index in [1.165, 1.54) is 7.11 Å². The van der Waals surface area contributed by atoms with Gasteiger partial charge in [0.05, 0.1) is 19.3 Å². The van der Waals surface area contributed by atoms with E-state index in [0.717, 1.165) is 23.6 Å². The number of fused-ring (bicyclic) bond motifs is 1. The summed E-state index contributed by atoms with van der Waals surface area (Å²) in [4.78, 5) is 22.2. The van der Waals surface area contributed by atoms with Crippen molar-refractivity contribution in [1.82, 2.24) is 19.3 Å². The Morgan fingerprint density at radius 3 is 2.80 bits per heavy atom. The maximum atomic E-state index is 11.3. The smallest absolute Gasteiger partial charge is 0.319 e. The SMILES string of the molecule is CCN(CC(=O)OC)Cc1cn2c(C)cc(C)nc2n1. The molecule has 0 saturated heterocycles. The van der Waals surface area contributed by atoms with Crippen LogP contribution in [0.3, 0.4) is 0 Å². The van der Waals surface area contributed by atoms with Crippen LogP contribution in [0.25, 0.3) is 5.78 Å². The quantitative estimate of drug-likeness (QED) is 0.771. The Morgan fingerprint density at radius 1 is 1.40 bits per heavy atom. The van der Waals surface area contributed by atoms with Crippen molar-refractivity contribution in [3.63, 3.8) is 0 Å². The van der Waals surface area contributed by atoms with Crippen molar-refractivity contribution in [2.75, 3.05) is 20.2 Å². The number of hydrogen-bond donors (Lipinski definition) is 0. The number of likely N-dealkylation sites (N-methyl/N-ethyl adjacent to an activating group) is 1. The minimum atomic E-state index is -0.235. The van der Waals surface area contributed by atoms with E-state index in [0.29, 0.717) is 12.3 Å². The Labute approximate surface area is 118 Å². The van der Waals surface area contributed by atoms with Crippen molar-refractivity contribution in [2.45, 2.75) is 27.3 Å². The second-order valence-corrected chi connectivity index (χ2v) is 4.82. The van der Waals surface area contributed by atoms with Crippen molar-refractivity contribution in [3.8, 4) is 0 Å². The van der Waals surface area contributed by atoms with Gasteiger partial charge in [0, 0.05) is 24.1 Å². The van der Waals surface area contributed by atoms with Crippen LogP contribution in [0.1, 0.15) is 24.0 Å². The fourth-order valence-corrected chi connectivity index (χ4v) is 2.15. The lowest BCUT2D eigenvalue weighted by molar-refractivity contribution is -0.142. The molecule has 2 aromatic heterocycles. The number of carbonyl (C=O) groups is 1. The number of ether oxygens (including phenoxy) is 1. The summed E-state index contributed by atoms with van der Waals surface area (Å²) in [5.74, 6) is 0.465. The van der Waals surface area contributed by atoms with Gasteiger partial charge in [0.25, 0.3) is 0 Å². The molecule has 20 heavy (non-hydrogen) atoms. The molecule has 6 heteroatoms. The van der Waals surface area contributed by atoms with Crippen LogP contribution in [0.2, 0.25) is 0 Å². The van der Waals surface area contributed by atoms with Crippen LogP contribution in [0.4, 0.5) is 0 Å². The summed E-state index contributed by atoms with van der Waals surface area (Å²) < 4.78 is 6.66. The average molecular weight is 276 g/mol. The summed E-state index contributed by atoms with van der Waals surface area (Å²) in [5, 5.41) is 0. The highest BCUT2D eigenvalue weighted by atomic mass is 16.5. The summed E-state index contributed by atoms with van der Waals surface area (Å²) >= 11 is 0. The van der Waals surface area contributed by atoms with Crippen LogP contribution in [0.15, 0.2) is 12.3 Å². The second-order valence-electron chi connectivity index (χ2n) is 4.82. The van der Waals surface area contributed by atoms with Crippen molar-refractivity contribution in [3.05, 3.63) is 29.3 Å². The van der Waals surface area contributed by atoms with Gasteiger partial charge in [0.1, 0.15) is 0 Å². The molecule has 0 aliphatic rings. The zero-order valence-corrected chi connectivity index (χ0v) is 12.4. The van der Waals surface area contributed by atoms with E-state index in [-0.39, 0.29) is 12.5 Å². The lowest BCUT2D eigenvalue weighted by atomic mass is 10.3. The van der Waals surface area contributed by atoms with Crippen molar-refractivity contribution in [1.29, 1.82) is 0 Å². The molecule has 0 aromatic carbocycles. The molecule has 0 unspecified atom stereocenters. The highest BCUT2D eigenvalue weighted by Crippen LogP contribution is 2.10. The highest BCUT2D eigenvalue weighted by Gasteiger charge is 2.12. The van der Waals surface area contributed by atoms with Gasteiger partial charge in [-0.05, 0) is 26.5 Å². The Kier molecular flexibility index (Phi) is 4.34. The number of rotatable bonds is 5. The van der Waals surface area contributed by atoms with Crippen molar-refractivity contribution < 1.29 is 9.53 Å². The van der Waals surface area contributed by atoms with Crippen LogP contribution in [-0.2, 0) is 16.1 Å². The maximum absolute atomic E-state index is 11.3. The van der Waals surface area contributed by atoms with Gasteiger partial charge in [-0.15, -0.1) is 0 Å². The first-order chi connectivity index (χ1) is 9.53. The first-order valence-electron chi connectivity index (χ1n) is 6.65. The normalized spacial score (nSPS) is 11.2. The molecule has 0 spiro atoms. The van der Waals surface area contributed by atoms with Gasteiger partial charge in [0.2, 0.25) is 5.78 Å². The molecular weight excluding hydrogens is 256 g/mol. The van der Waals surface area contributed by atoms with Gasteiger partial charge in [-0.1, -0.05) is 6.92 Å². The van der Waals surface area contributed by atoms with Crippen molar-refractivity contribution in [2.24, 2.45) is 0 Å². The number of imidazole rings is 1. The molecule has 0 amide bonds. The van der Waals surface area contributed by atoms with E-state index in [9.17, 15) is 4.79 Å². The third kappa shape index (κ3) is 3.14. The molecule has 0 atom stereocenters. The number of aryl methyl sites for hydroxylation is 2. The number of aromatic nitrogens is 3. The molecule has 2 heterocycles.